The fourth-order valence-corrected chi connectivity index (χ4v) is 4.18. The molecule has 1 atom stereocenters. The number of benzene rings is 2. The number of fused-ring (bicyclic) bond motifs is 1. The fraction of sp³-hybridized carbons (Fsp3) is 0.217. The molecule has 2 aromatic heterocycles. The van der Waals surface area contributed by atoms with Crippen LogP contribution in [-0.2, 0) is 0 Å². The molecule has 160 valence electrons. The Bertz CT molecular complexity index is 1170. The van der Waals surface area contributed by atoms with Crippen LogP contribution in [0.3, 0.4) is 0 Å². The van der Waals surface area contributed by atoms with Gasteiger partial charge in [0.15, 0.2) is 28.0 Å². The van der Waals surface area contributed by atoms with Crippen molar-refractivity contribution in [1.82, 2.24) is 10.3 Å². The van der Waals surface area contributed by atoms with Gasteiger partial charge >= 0.3 is 0 Å². The molecule has 0 aliphatic heterocycles. The number of thiazole rings is 1. The monoisotopic (exact) mass is 438 g/mol. The van der Waals surface area contributed by atoms with Crippen LogP contribution in [0.15, 0.2) is 52.9 Å². The van der Waals surface area contributed by atoms with E-state index >= 15 is 0 Å². The van der Waals surface area contributed by atoms with Crippen LogP contribution >= 0.6 is 11.3 Å². The Balaban J connectivity index is 1.53. The molecule has 4 aromatic rings. The lowest BCUT2D eigenvalue weighted by Crippen LogP contribution is -2.26. The van der Waals surface area contributed by atoms with E-state index in [-0.39, 0.29) is 17.7 Å². The summed E-state index contributed by atoms with van der Waals surface area (Å²) in [6, 6.07) is 14.6. The summed E-state index contributed by atoms with van der Waals surface area (Å²) in [6.07, 6.45) is 0. The van der Waals surface area contributed by atoms with E-state index in [9.17, 15) is 4.79 Å². The van der Waals surface area contributed by atoms with Crippen molar-refractivity contribution in [1.29, 1.82) is 0 Å². The van der Waals surface area contributed by atoms with E-state index in [0.29, 0.717) is 23.0 Å². The summed E-state index contributed by atoms with van der Waals surface area (Å²) in [5, 5.41) is 3.68. The van der Waals surface area contributed by atoms with E-state index in [0.717, 1.165) is 20.8 Å². The zero-order valence-corrected chi connectivity index (χ0v) is 18.4. The first-order valence-electron chi connectivity index (χ1n) is 9.60. The molecule has 31 heavy (non-hydrogen) atoms. The van der Waals surface area contributed by atoms with Crippen LogP contribution < -0.4 is 19.5 Å². The number of rotatable bonds is 7. The van der Waals surface area contributed by atoms with Crippen molar-refractivity contribution in [2.45, 2.75) is 13.0 Å². The largest absolute Gasteiger partial charge is 0.493 e. The minimum atomic E-state index is -0.325. The lowest BCUT2D eigenvalue weighted by Gasteiger charge is -2.18. The van der Waals surface area contributed by atoms with Gasteiger partial charge in [-0.2, -0.15) is 0 Å². The molecule has 4 rings (SSSR count). The van der Waals surface area contributed by atoms with Crippen molar-refractivity contribution in [2.24, 2.45) is 0 Å². The van der Waals surface area contributed by atoms with Crippen molar-refractivity contribution in [3.8, 4) is 28.0 Å². The Kier molecular flexibility index (Phi) is 5.81. The van der Waals surface area contributed by atoms with Crippen LogP contribution in [0.5, 0.6) is 17.2 Å². The second-order valence-electron chi connectivity index (χ2n) is 6.80. The number of ether oxygens (including phenoxy) is 3. The third-order valence-electron chi connectivity index (χ3n) is 4.87. The van der Waals surface area contributed by atoms with Crippen LogP contribution in [0, 0.1) is 0 Å². The molecule has 1 N–H and O–H groups in total. The summed E-state index contributed by atoms with van der Waals surface area (Å²) in [6.45, 7) is 1.87. The van der Waals surface area contributed by atoms with Crippen LogP contribution in [0.4, 0.5) is 0 Å². The number of amides is 1. The van der Waals surface area contributed by atoms with Gasteiger partial charge in [0.05, 0.1) is 37.6 Å². The highest BCUT2D eigenvalue weighted by Crippen LogP contribution is 2.39. The van der Waals surface area contributed by atoms with E-state index in [1.165, 1.54) is 11.3 Å². The van der Waals surface area contributed by atoms with Gasteiger partial charge < -0.3 is 23.9 Å². The Morgan fingerprint density at radius 2 is 1.74 bits per heavy atom. The van der Waals surface area contributed by atoms with Gasteiger partial charge in [0.1, 0.15) is 0 Å². The summed E-state index contributed by atoms with van der Waals surface area (Å²) in [5.41, 5.74) is 1.71. The van der Waals surface area contributed by atoms with Gasteiger partial charge in [0.25, 0.3) is 5.91 Å². The quantitative estimate of drug-likeness (QED) is 0.434. The molecule has 0 fully saturated rings. The number of nitrogens with one attached hydrogen (secondary N) is 1. The molecule has 8 heteroatoms. The number of aromatic nitrogens is 1. The molecule has 2 aromatic carbocycles. The highest BCUT2D eigenvalue weighted by molar-refractivity contribution is 7.21. The molecule has 0 spiro atoms. The number of hydrogen-bond donors (Lipinski definition) is 1. The third kappa shape index (κ3) is 4.06. The zero-order valence-electron chi connectivity index (χ0n) is 17.6. The second kappa shape index (κ2) is 8.69. The molecule has 0 radical (unpaired) electrons. The summed E-state index contributed by atoms with van der Waals surface area (Å²) < 4.78 is 23.0. The number of hydrogen-bond acceptors (Lipinski definition) is 7. The van der Waals surface area contributed by atoms with Gasteiger partial charge in [0.2, 0.25) is 5.75 Å². The van der Waals surface area contributed by atoms with Gasteiger partial charge in [-0.3, -0.25) is 4.79 Å². The smallest absolute Gasteiger partial charge is 0.287 e. The SMILES string of the molecule is COc1cc(C(C)NC(=O)c2ccc(-c3nc4ccccc4s3)o2)cc(OC)c1OC. The maximum atomic E-state index is 12.8. The average Bonchev–Trinajstić information content (AvgIpc) is 3.45. The van der Waals surface area contributed by atoms with Crippen molar-refractivity contribution in [2.75, 3.05) is 21.3 Å². The lowest BCUT2D eigenvalue weighted by molar-refractivity contribution is 0.0912. The fourth-order valence-electron chi connectivity index (χ4n) is 3.25. The first-order chi connectivity index (χ1) is 15.0. The van der Waals surface area contributed by atoms with Crippen LogP contribution in [-0.4, -0.2) is 32.2 Å². The molecule has 1 unspecified atom stereocenters. The normalized spacial score (nSPS) is 11.9. The minimum Gasteiger partial charge on any atom is -0.493 e. The molecule has 0 bridgehead atoms. The number of furan rings is 1. The first-order valence-corrected chi connectivity index (χ1v) is 10.4. The number of carbonyl (C=O) groups excluding carboxylic acids is 1. The summed E-state index contributed by atoms with van der Waals surface area (Å²) in [5.74, 6) is 2.00. The Labute approximate surface area is 183 Å². The Hall–Kier alpha value is -3.52. The van der Waals surface area contributed by atoms with Crippen molar-refractivity contribution in [3.05, 3.63) is 59.9 Å². The van der Waals surface area contributed by atoms with E-state index in [4.69, 9.17) is 18.6 Å². The second-order valence-corrected chi connectivity index (χ2v) is 7.84. The predicted molar refractivity (Wildman–Crippen MR) is 119 cm³/mol. The van der Waals surface area contributed by atoms with Gasteiger partial charge in [-0.25, -0.2) is 4.98 Å². The van der Waals surface area contributed by atoms with E-state index < -0.39 is 0 Å². The molecular formula is C23H22N2O5S. The van der Waals surface area contributed by atoms with Crippen LogP contribution in [0.1, 0.15) is 29.1 Å². The van der Waals surface area contributed by atoms with Gasteiger partial charge in [0, 0.05) is 0 Å². The average molecular weight is 439 g/mol. The summed E-state index contributed by atoms with van der Waals surface area (Å²) >= 11 is 1.52. The number of nitrogens with zero attached hydrogens (tertiary/aromatic N) is 1. The molecule has 7 nitrogen and oxygen atoms in total. The molecule has 0 aliphatic rings. The molecule has 1 amide bonds. The Morgan fingerprint density at radius 1 is 1.03 bits per heavy atom. The molecule has 0 saturated heterocycles. The topological polar surface area (TPSA) is 82.8 Å². The molecule has 0 aliphatic carbocycles. The van der Waals surface area contributed by atoms with Crippen molar-refractivity contribution in [3.63, 3.8) is 0 Å². The first kappa shape index (κ1) is 20.7. The maximum absolute atomic E-state index is 12.8. The molecule has 2 heterocycles. The van der Waals surface area contributed by atoms with Gasteiger partial charge in [-0.05, 0) is 48.9 Å². The number of carbonyl (C=O) groups is 1. The van der Waals surface area contributed by atoms with Crippen LogP contribution in [0.25, 0.3) is 21.0 Å². The van der Waals surface area contributed by atoms with Crippen LogP contribution in [0.2, 0.25) is 0 Å². The molecule has 0 saturated carbocycles. The zero-order chi connectivity index (χ0) is 22.0. The van der Waals surface area contributed by atoms with Crippen molar-refractivity contribution >= 4 is 27.5 Å². The maximum Gasteiger partial charge on any atom is 0.287 e. The number of methoxy groups -OCH3 is 3. The van der Waals surface area contributed by atoms with Gasteiger partial charge in [-0.1, -0.05) is 12.1 Å². The van der Waals surface area contributed by atoms with E-state index in [1.54, 1.807) is 45.6 Å². The predicted octanol–water partition coefficient (Wildman–Crippen LogP) is 5.07. The summed E-state index contributed by atoms with van der Waals surface area (Å²) in [7, 11) is 4.65. The summed E-state index contributed by atoms with van der Waals surface area (Å²) in [4.78, 5) is 17.3. The lowest BCUT2D eigenvalue weighted by atomic mass is 10.1. The minimum absolute atomic E-state index is 0.216. The standard InChI is InChI=1S/C23H22N2O5S/c1-13(14-11-18(27-2)21(29-4)19(12-14)28-3)24-22(26)16-9-10-17(30-16)23-25-15-7-5-6-8-20(15)31-23/h5-13H,1-4H3,(H,24,26). The highest BCUT2D eigenvalue weighted by atomic mass is 32.1. The van der Waals surface area contributed by atoms with Crippen molar-refractivity contribution < 1.29 is 23.4 Å². The third-order valence-corrected chi connectivity index (χ3v) is 5.92. The van der Waals surface area contributed by atoms with E-state index in [1.807, 2.05) is 31.2 Å². The Morgan fingerprint density at radius 3 is 2.39 bits per heavy atom. The van der Waals surface area contributed by atoms with Gasteiger partial charge in [-0.15, -0.1) is 11.3 Å². The highest BCUT2D eigenvalue weighted by Gasteiger charge is 2.20. The number of para-hydroxylation sites is 1. The molecular weight excluding hydrogens is 416 g/mol. The van der Waals surface area contributed by atoms with E-state index in [2.05, 4.69) is 10.3 Å².